The molecule has 0 bridgehead atoms. The third-order valence-electron chi connectivity index (χ3n) is 3.90. The van der Waals surface area contributed by atoms with Crippen LogP contribution in [0.5, 0.6) is 0 Å². The van der Waals surface area contributed by atoms with E-state index in [1.807, 2.05) is 48.1 Å². The van der Waals surface area contributed by atoms with Crippen LogP contribution in [0.15, 0.2) is 52.0 Å². The minimum atomic E-state index is -0.168. The molecule has 6 nitrogen and oxygen atoms in total. The van der Waals surface area contributed by atoms with Crippen molar-refractivity contribution >= 4 is 34.7 Å². The molecule has 0 fully saturated rings. The summed E-state index contributed by atoms with van der Waals surface area (Å²) in [5.74, 6) is 0.873. The van der Waals surface area contributed by atoms with Crippen LogP contribution in [-0.2, 0) is 11.3 Å². The quantitative estimate of drug-likeness (QED) is 0.371. The number of nitrogens with one attached hydrogen (secondary N) is 1. The van der Waals surface area contributed by atoms with Crippen molar-refractivity contribution in [3.8, 4) is 11.4 Å². The topological polar surface area (TPSA) is 72.2 Å². The second kappa shape index (κ2) is 8.96. The number of hydrogen-bond donors (Lipinski definition) is 1. The van der Waals surface area contributed by atoms with Crippen molar-refractivity contribution in [3.63, 3.8) is 0 Å². The monoisotopic (exact) mass is 399 g/mol. The van der Waals surface area contributed by atoms with E-state index in [0.717, 1.165) is 33.7 Å². The molecule has 1 aromatic carbocycles. The van der Waals surface area contributed by atoms with Gasteiger partial charge in [-0.2, -0.15) is 5.10 Å². The highest BCUT2D eigenvalue weighted by atomic mass is 32.2. The molecule has 0 radical (unpaired) electrons. The Morgan fingerprint density at radius 2 is 2.04 bits per heavy atom. The Labute approximate surface area is 166 Å². The molecule has 0 aliphatic carbocycles. The average molecular weight is 400 g/mol. The van der Waals surface area contributed by atoms with Crippen molar-refractivity contribution < 1.29 is 4.79 Å². The highest BCUT2D eigenvalue weighted by molar-refractivity contribution is 7.99. The molecule has 0 aliphatic heterocycles. The summed E-state index contributed by atoms with van der Waals surface area (Å²) in [6, 6.07) is 12.1. The Morgan fingerprint density at radius 1 is 1.26 bits per heavy atom. The van der Waals surface area contributed by atoms with Crippen molar-refractivity contribution in [2.45, 2.75) is 32.5 Å². The number of hydrogen-bond acceptors (Lipinski definition) is 6. The lowest BCUT2D eigenvalue weighted by atomic mass is 10.1. The first kappa shape index (κ1) is 19.3. The first-order chi connectivity index (χ1) is 13.1. The van der Waals surface area contributed by atoms with Crippen molar-refractivity contribution in [2.24, 2.45) is 5.10 Å². The van der Waals surface area contributed by atoms with Gasteiger partial charge in [-0.3, -0.25) is 4.79 Å². The molecule has 1 N–H and O–H groups in total. The maximum Gasteiger partial charge on any atom is 0.250 e. The van der Waals surface area contributed by atoms with E-state index in [1.54, 1.807) is 11.3 Å². The van der Waals surface area contributed by atoms with Gasteiger partial charge >= 0.3 is 0 Å². The fourth-order valence-electron chi connectivity index (χ4n) is 2.44. The number of carbonyl (C=O) groups is 1. The number of nitrogens with zero attached hydrogens (tertiary/aromatic N) is 4. The molecule has 0 spiro atoms. The van der Waals surface area contributed by atoms with Gasteiger partial charge < -0.3 is 4.57 Å². The highest BCUT2D eigenvalue weighted by Crippen LogP contribution is 2.24. The second-order valence-corrected chi connectivity index (χ2v) is 7.80. The molecular weight excluding hydrogens is 378 g/mol. The maximum atomic E-state index is 12.1. The first-order valence-corrected chi connectivity index (χ1v) is 10.4. The zero-order valence-corrected chi connectivity index (χ0v) is 17.1. The zero-order chi connectivity index (χ0) is 19.2. The Hall–Kier alpha value is -2.45. The Kier molecular flexibility index (Phi) is 6.41. The highest BCUT2D eigenvalue weighted by Gasteiger charge is 2.14. The lowest BCUT2D eigenvalue weighted by molar-refractivity contribution is -0.118. The van der Waals surface area contributed by atoms with E-state index >= 15 is 0 Å². The fourth-order valence-corrected chi connectivity index (χ4v) is 3.92. The number of carbonyl (C=O) groups excluding carboxylic acids is 1. The molecule has 0 saturated heterocycles. The predicted molar refractivity (Wildman–Crippen MR) is 111 cm³/mol. The minimum Gasteiger partial charge on any atom is -0.302 e. The lowest BCUT2D eigenvalue weighted by Gasteiger charge is -2.07. The van der Waals surface area contributed by atoms with Crippen molar-refractivity contribution in [2.75, 3.05) is 5.75 Å². The summed E-state index contributed by atoms with van der Waals surface area (Å²) >= 11 is 2.95. The first-order valence-electron chi connectivity index (χ1n) is 8.58. The van der Waals surface area contributed by atoms with E-state index in [0.29, 0.717) is 0 Å². The van der Waals surface area contributed by atoms with Gasteiger partial charge in [0.05, 0.1) is 11.5 Å². The molecule has 2 aromatic heterocycles. The summed E-state index contributed by atoms with van der Waals surface area (Å²) in [6.45, 7) is 6.70. The summed E-state index contributed by atoms with van der Waals surface area (Å²) in [6.07, 6.45) is 0. The number of aromatic nitrogens is 3. The number of aryl methyl sites for hydroxylation is 1. The van der Waals surface area contributed by atoms with Crippen LogP contribution in [0, 0.1) is 6.92 Å². The number of thiophene rings is 1. The van der Waals surface area contributed by atoms with Crippen molar-refractivity contribution in [1.82, 2.24) is 20.2 Å². The molecule has 27 heavy (non-hydrogen) atoms. The number of amides is 1. The van der Waals surface area contributed by atoms with Crippen LogP contribution in [0.4, 0.5) is 0 Å². The third kappa shape index (κ3) is 4.84. The van der Waals surface area contributed by atoms with Crippen LogP contribution in [0.1, 0.15) is 24.3 Å². The fraction of sp³-hybridized carbons (Fsp3) is 0.263. The number of benzene rings is 1. The number of rotatable bonds is 7. The summed E-state index contributed by atoms with van der Waals surface area (Å²) < 4.78 is 2.02. The molecule has 1 amide bonds. The maximum absolute atomic E-state index is 12.1. The van der Waals surface area contributed by atoms with Crippen LogP contribution < -0.4 is 5.43 Å². The second-order valence-electron chi connectivity index (χ2n) is 5.91. The average Bonchev–Trinajstić information content (AvgIpc) is 3.34. The van der Waals surface area contributed by atoms with Gasteiger partial charge in [0.15, 0.2) is 11.0 Å². The third-order valence-corrected chi connectivity index (χ3v) is 5.85. The molecule has 0 atom stereocenters. The van der Waals surface area contributed by atoms with Crippen LogP contribution in [0.3, 0.4) is 0 Å². The van der Waals surface area contributed by atoms with E-state index < -0.39 is 0 Å². The Bertz CT molecular complexity index is 930. The van der Waals surface area contributed by atoms with E-state index in [9.17, 15) is 4.79 Å². The van der Waals surface area contributed by atoms with Gasteiger partial charge in [-0.05, 0) is 32.2 Å². The van der Waals surface area contributed by atoms with Crippen LogP contribution in [0.25, 0.3) is 11.4 Å². The van der Waals surface area contributed by atoms with Gasteiger partial charge in [0, 0.05) is 17.0 Å². The van der Waals surface area contributed by atoms with Crippen molar-refractivity contribution in [3.05, 3.63) is 52.2 Å². The SMILES string of the molecule is CCn1c(SCC(=O)N/N=C(\C)c2cccs2)nnc1-c1ccc(C)cc1. The van der Waals surface area contributed by atoms with E-state index in [1.165, 1.54) is 17.3 Å². The minimum absolute atomic E-state index is 0.168. The molecule has 0 saturated carbocycles. The molecule has 3 rings (SSSR count). The standard InChI is InChI=1S/C19H21N5OS2/c1-4-24-18(15-9-7-13(2)8-10-15)22-23-19(24)27-12-17(25)21-20-14(3)16-6-5-11-26-16/h5-11H,4,12H2,1-3H3,(H,21,25)/b20-14+. The molecule has 8 heteroatoms. The van der Waals surface area contributed by atoms with Crippen molar-refractivity contribution in [1.29, 1.82) is 0 Å². The van der Waals surface area contributed by atoms with E-state index in [4.69, 9.17) is 0 Å². The number of thioether (sulfide) groups is 1. The van der Waals surface area contributed by atoms with Gasteiger partial charge in [0.1, 0.15) is 0 Å². The lowest BCUT2D eigenvalue weighted by Crippen LogP contribution is -2.21. The summed E-state index contributed by atoms with van der Waals surface area (Å²) in [4.78, 5) is 13.1. The molecule has 140 valence electrons. The Morgan fingerprint density at radius 3 is 2.70 bits per heavy atom. The summed E-state index contributed by atoms with van der Waals surface area (Å²) in [7, 11) is 0. The smallest absolute Gasteiger partial charge is 0.250 e. The number of hydrazone groups is 1. The summed E-state index contributed by atoms with van der Waals surface area (Å²) in [5.41, 5.74) is 5.61. The predicted octanol–water partition coefficient (Wildman–Crippen LogP) is 3.97. The largest absolute Gasteiger partial charge is 0.302 e. The normalized spacial score (nSPS) is 11.6. The molecule has 0 aliphatic rings. The molecule has 3 aromatic rings. The molecule has 0 unspecified atom stereocenters. The van der Waals surface area contributed by atoms with Crippen LogP contribution >= 0.6 is 23.1 Å². The van der Waals surface area contributed by atoms with Crippen LogP contribution in [0.2, 0.25) is 0 Å². The Balaban J connectivity index is 1.63. The molecule has 2 heterocycles. The van der Waals surface area contributed by atoms with Gasteiger partial charge in [-0.1, -0.05) is 47.7 Å². The van der Waals surface area contributed by atoms with Gasteiger partial charge in [-0.15, -0.1) is 21.5 Å². The summed E-state index contributed by atoms with van der Waals surface area (Å²) in [5, 5.41) is 15.4. The zero-order valence-electron chi connectivity index (χ0n) is 15.5. The van der Waals surface area contributed by atoms with E-state index in [-0.39, 0.29) is 11.7 Å². The van der Waals surface area contributed by atoms with E-state index in [2.05, 4.69) is 39.8 Å². The molecular formula is C19H21N5OS2. The van der Waals surface area contributed by atoms with Gasteiger partial charge in [0.2, 0.25) is 0 Å². The van der Waals surface area contributed by atoms with Gasteiger partial charge in [0.25, 0.3) is 5.91 Å². The van der Waals surface area contributed by atoms with Gasteiger partial charge in [-0.25, -0.2) is 5.43 Å². The van der Waals surface area contributed by atoms with Crippen LogP contribution in [-0.4, -0.2) is 32.1 Å².